The monoisotopic (exact) mass is 135 g/mol. The Bertz CT molecular complexity index is 103. The van der Waals surface area contributed by atoms with Gasteiger partial charge in [0, 0.05) is 13.0 Å². The smallest absolute Gasteiger partial charge is 0.264 e. The molecule has 1 aliphatic heterocycles. The van der Waals surface area contributed by atoms with E-state index >= 15 is 0 Å². The molecule has 9 heavy (non-hydrogen) atoms. The van der Waals surface area contributed by atoms with Crippen LogP contribution in [0.15, 0.2) is 0 Å². The van der Waals surface area contributed by atoms with Crippen molar-refractivity contribution < 1.29 is 8.78 Å². The summed E-state index contributed by atoms with van der Waals surface area (Å²) in [4.78, 5) is 0. The van der Waals surface area contributed by atoms with Gasteiger partial charge in [-0.15, -0.1) is 0 Å². The van der Waals surface area contributed by atoms with Gasteiger partial charge in [-0.05, 0) is 6.42 Å². The van der Waals surface area contributed by atoms with Crippen LogP contribution >= 0.6 is 0 Å². The van der Waals surface area contributed by atoms with E-state index in [4.69, 9.17) is 0 Å². The van der Waals surface area contributed by atoms with Gasteiger partial charge in [-0.25, -0.2) is 8.78 Å². The second-order valence-corrected chi connectivity index (χ2v) is 2.43. The highest BCUT2D eigenvalue weighted by Crippen LogP contribution is 2.28. The fourth-order valence-corrected chi connectivity index (χ4v) is 1.18. The van der Waals surface area contributed by atoms with Gasteiger partial charge < -0.3 is 5.32 Å². The number of halogens is 2. The molecule has 1 saturated heterocycles. The van der Waals surface area contributed by atoms with Crippen LogP contribution < -0.4 is 5.32 Å². The molecule has 1 heterocycles. The largest absolute Gasteiger partial charge is 0.308 e. The zero-order valence-electron chi connectivity index (χ0n) is 5.45. The van der Waals surface area contributed by atoms with Crippen molar-refractivity contribution in [1.29, 1.82) is 0 Å². The van der Waals surface area contributed by atoms with Gasteiger partial charge in [-0.3, -0.25) is 0 Å². The molecule has 3 heteroatoms. The molecule has 0 amide bonds. The lowest BCUT2D eigenvalue weighted by molar-refractivity contribution is -0.0117. The Hall–Kier alpha value is -0.180. The van der Waals surface area contributed by atoms with Crippen molar-refractivity contribution in [3.63, 3.8) is 0 Å². The average molecular weight is 135 g/mol. The van der Waals surface area contributed by atoms with Crippen molar-refractivity contribution in [2.45, 2.75) is 31.7 Å². The normalized spacial score (nSPS) is 33.0. The van der Waals surface area contributed by atoms with Crippen molar-refractivity contribution in [3.8, 4) is 0 Å². The fourth-order valence-electron chi connectivity index (χ4n) is 1.18. The minimum Gasteiger partial charge on any atom is -0.308 e. The van der Waals surface area contributed by atoms with Gasteiger partial charge >= 0.3 is 0 Å². The van der Waals surface area contributed by atoms with Gasteiger partial charge in [0.15, 0.2) is 0 Å². The Labute approximate surface area is 53.4 Å². The van der Waals surface area contributed by atoms with E-state index in [-0.39, 0.29) is 6.42 Å². The molecule has 1 N–H and O–H groups in total. The SMILES string of the molecule is CCC1NCCC1(F)F. The molecule has 0 radical (unpaired) electrons. The minimum absolute atomic E-state index is 0.00546. The molecule has 0 aromatic carbocycles. The highest BCUT2D eigenvalue weighted by Gasteiger charge is 2.42. The van der Waals surface area contributed by atoms with Crippen LogP contribution in [0.25, 0.3) is 0 Å². The third-order valence-electron chi connectivity index (χ3n) is 1.77. The summed E-state index contributed by atoms with van der Waals surface area (Å²) in [5.74, 6) is -2.45. The summed E-state index contributed by atoms with van der Waals surface area (Å²) in [6.07, 6.45) is 0.526. The molecule has 0 aromatic rings. The van der Waals surface area contributed by atoms with E-state index in [1.165, 1.54) is 0 Å². The van der Waals surface area contributed by atoms with Crippen LogP contribution in [0.4, 0.5) is 8.78 Å². The zero-order chi connectivity index (χ0) is 6.91. The molecule has 1 aliphatic rings. The summed E-state index contributed by atoms with van der Waals surface area (Å²) in [5, 5.41) is 2.75. The molecule has 1 fully saturated rings. The Morgan fingerprint density at radius 2 is 2.33 bits per heavy atom. The van der Waals surface area contributed by atoms with Crippen molar-refractivity contribution in [3.05, 3.63) is 0 Å². The molecule has 0 aliphatic carbocycles. The highest BCUT2D eigenvalue weighted by atomic mass is 19.3. The average Bonchev–Trinajstić information content (AvgIpc) is 2.08. The van der Waals surface area contributed by atoms with Crippen LogP contribution in [0.3, 0.4) is 0 Å². The molecule has 0 saturated carbocycles. The van der Waals surface area contributed by atoms with Crippen LogP contribution in [-0.2, 0) is 0 Å². The van der Waals surface area contributed by atoms with Gasteiger partial charge in [0.05, 0.1) is 6.04 Å². The van der Waals surface area contributed by atoms with Crippen molar-refractivity contribution in [2.75, 3.05) is 6.54 Å². The first kappa shape index (κ1) is 6.93. The summed E-state index contributed by atoms with van der Waals surface area (Å²) < 4.78 is 25.1. The van der Waals surface area contributed by atoms with E-state index < -0.39 is 12.0 Å². The second-order valence-electron chi connectivity index (χ2n) is 2.43. The van der Waals surface area contributed by atoms with E-state index in [2.05, 4.69) is 5.32 Å². The standard InChI is InChI=1S/C6H11F2N/c1-2-5-6(7,8)3-4-9-5/h5,9H,2-4H2,1H3. The summed E-state index contributed by atoms with van der Waals surface area (Å²) in [6, 6.07) is -0.572. The van der Waals surface area contributed by atoms with Crippen molar-refractivity contribution >= 4 is 0 Å². The maximum atomic E-state index is 12.5. The number of nitrogens with one attached hydrogen (secondary N) is 1. The van der Waals surface area contributed by atoms with Crippen LogP contribution in [0, 0.1) is 0 Å². The van der Waals surface area contributed by atoms with Gasteiger partial charge in [0.1, 0.15) is 0 Å². The predicted molar refractivity (Wildman–Crippen MR) is 31.6 cm³/mol. The van der Waals surface area contributed by atoms with Gasteiger partial charge in [0.25, 0.3) is 5.92 Å². The minimum atomic E-state index is -2.45. The van der Waals surface area contributed by atoms with Crippen LogP contribution in [0.5, 0.6) is 0 Å². The topological polar surface area (TPSA) is 12.0 Å². The maximum absolute atomic E-state index is 12.5. The first-order chi connectivity index (χ1) is 4.17. The quantitative estimate of drug-likeness (QED) is 0.573. The Morgan fingerprint density at radius 3 is 2.56 bits per heavy atom. The summed E-state index contributed by atoms with van der Waals surface area (Å²) in [6.45, 7) is 2.24. The van der Waals surface area contributed by atoms with Gasteiger partial charge in [-0.2, -0.15) is 0 Å². The summed E-state index contributed by atoms with van der Waals surface area (Å²) in [5.41, 5.74) is 0. The first-order valence-corrected chi connectivity index (χ1v) is 3.28. The number of hydrogen-bond acceptors (Lipinski definition) is 1. The number of rotatable bonds is 1. The molecular weight excluding hydrogens is 124 g/mol. The van der Waals surface area contributed by atoms with Crippen molar-refractivity contribution in [2.24, 2.45) is 0 Å². The molecule has 0 aromatic heterocycles. The lowest BCUT2D eigenvalue weighted by atomic mass is 10.1. The molecule has 1 atom stereocenters. The zero-order valence-corrected chi connectivity index (χ0v) is 5.45. The lowest BCUT2D eigenvalue weighted by Gasteiger charge is -2.15. The molecule has 1 rings (SSSR count). The van der Waals surface area contributed by atoms with Crippen LogP contribution in [0.1, 0.15) is 19.8 Å². The van der Waals surface area contributed by atoms with E-state index in [0.29, 0.717) is 13.0 Å². The Balaban J connectivity index is 2.52. The third-order valence-corrected chi connectivity index (χ3v) is 1.77. The van der Waals surface area contributed by atoms with Crippen LogP contribution in [0.2, 0.25) is 0 Å². The Kier molecular flexibility index (Phi) is 1.70. The van der Waals surface area contributed by atoms with Gasteiger partial charge in [-0.1, -0.05) is 6.92 Å². The molecule has 1 nitrogen and oxygen atoms in total. The highest BCUT2D eigenvalue weighted by molar-refractivity contribution is 4.88. The molecule has 0 spiro atoms. The summed E-state index contributed by atoms with van der Waals surface area (Å²) >= 11 is 0. The molecule has 0 bridgehead atoms. The Morgan fingerprint density at radius 1 is 1.67 bits per heavy atom. The summed E-state index contributed by atoms with van der Waals surface area (Å²) in [7, 11) is 0. The molecular formula is C6H11F2N. The predicted octanol–water partition coefficient (Wildman–Crippen LogP) is 1.39. The van der Waals surface area contributed by atoms with Crippen molar-refractivity contribution in [1.82, 2.24) is 5.32 Å². The van der Waals surface area contributed by atoms with E-state index in [9.17, 15) is 8.78 Å². The number of alkyl halides is 2. The molecule has 54 valence electrons. The van der Waals surface area contributed by atoms with E-state index in [1.807, 2.05) is 0 Å². The lowest BCUT2D eigenvalue weighted by Crippen LogP contribution is -2.34. The fraction of sp³-hybridized carbons (Fsp3) is 1.00. The molecule has 1 unspecified atom stereocenters. The second kappa shape index (κ2) is 2.21. The van der Waals surface area contributed by atoms with E-state index in [0.717, 1.165) is 0 Å². The van der Waals surface area contributed by atoms with E-state index in [1.54, 1.807) is 6.92 Å². The maximum Gasteiger partial charge on any atom is 0.264 e. The number of hydrogen-bond donors (Lipinski definition) is 1. The third kappa shape index (κ3) is 1.21. The van der Waals surface area contributed by atoms with Crippen LogP contribution in [-0.4, -0.2) is 18.5 Å². The van der Waals surface area contributed by atoms with Gasteiger partial charge in [0.2, 0.25) is 0 Å². The first-order valence-electron chi connectivity index (χ1n) is 3.28.